The van der Waals surface area contributed by atoms with Crippen LogP contribution in [0.15, 0.2) is 0 Å². The SMILES string of the molecule is CCCCOC(=O)N1CCN(C(=O)[C@H](CCC)NC(=O)OC(C)(C)C)CC1. The summed E-state index contributed by atoms with van der Waals surface area (Å²) in [6.45, 7) is 11.5. The van der Waals surface area contributed by atoms with E-state index in [9.17, 15) is 14.4 Å². The maximum atomic E-state index is 12.8. The molecule has 1 fully saturated rings. The monoisotopic (exact) mass is 385 g/mol. The average molecular weight is 386 g/mol. The Balaban J connectivity index is 2.53. The minimum atomic E-state index is -0.618. The van der Waals surface area contributed by atoms with Crippen molar-refractivity contribution >= 4 is 18.1 Å². The highest BCUT2D eigenvalue weighted by atomic mass is 16.6. The number of hydrogen-bond acceptors (Lipinski definition) is 5. The first-order valence-electron chi connectivity index (χ1n) is 9.88. The quantitative estimate of drug-likeness (QED) is 0.681. The molecule has 0 saturated carbocycles. The zero-order valence-corrected chi connectivity index (χ0v) is 17.4. The largest absolute Gasteiger partial charge is 0.449 e. The summed E-state index contributed by atoms with van der Waals surface area (Å²) in [6, 6.07) is -0.618. The van der Waals surface area contributed by atoms with E-state index in [-0.39, 0.29) is 12.0 Å². The number of ether oxygens (including phenoxy) is 2. The third-order valence-electron chi connectivity index (χ3n) is 4.14. The van der Waals surface area contributed by atoms with Crippen molar-refractivity contribution < 1.29 is 23.9 Å². The molecule has 0 aliphatic carbocycles. The van der Waals surface area contributed by atoms with E-state index in [1.165, 1.54) is 0 Å². The zero-order chi connectivity index (χ0) is 20.4. The molecule has 1 rings (SSSR count). The number of amides is 3. The van der Waals surface area contributed by atoms with E-state index in [0.717, 1.165) is 19.3 Å². The highest BCUT2D eigenvalue weighted by molar-refractivity contribution is 5.86. The van der Waals surface area contributed by atoms with E-state index < -0.39 is 17.7 Å². The van der Waals surface area contributed by atoms with Gasteiger partial charge in [0, 0.05) is 26.2 Å². The van der Waals surface area contributed by atoms with Crippen LogP contribution in [0.3, 0.4) is 0 Å². The summed E-state index contributed by atoms with van der Waals surface area (Å²) in [5.74, 6) is -0.137. The molecule has 1 N–H and O–H groups in total. The van der Waals surface area contributed by atoms with Crippen molar-refractivity contribution in [3.63, 3.8) is 0 Å². The molecular formula is C19H35N3O5. The predicted octanol–water partition coefficient (Wildman–Crippen LogP) is 2.76. The van der Waals surface area contributed by atoms with Crippen LogP contribution in [0.4, 0.5) is 9.59 Å². The van der Waals surface area contributed by atoms with Crippen molar-refractivity contribution in [3.05, 3.63) is 0 Å². The number of alkyl carbamates (subject to hydrolysis) is 1. The Kier molecular flexibility index (Phi) is 9.38. The highest BCUT2D eigenvalue weighted by Gasteiger charge is 2.31. The van der Waals surface area contributed by atoms with Gasteiger partial charge in [-0.1, -0.05) is 26.7 Å². The molecule has 0 bridgehead atoms. The van der Waals surface area contributed by atoms with Gasteiger partial charge in [0.2, 0.25) is 5.91 Å². The fourth-order valence-corrected chi connectivity index (χ4v) is 2.72. The van der Waals surface area contributed by atoms with E-state index >= 15 is 0 Å². The minimum Gasteiger partial charge on any atom is -0.449 e. The van der Waals surface area contributed by atoms with Crippen LogP contribution in [0.2, 0.25) is 0 Å². The van der Waals surface area contributed by atoms with Crippen LogP contribution in [0.5, 0.6) is 0 Å². The Bertz CT molecular complexity index is 496. The molecule has 1 atom stereocenters. The van der Waals surface area contributed by atoms with Gasteiger partial charge < -0.3 is 24.6 Å². The Morgan fingerprint density at radius 2 is 1.59 bits per heavy atom. The second-order valence-corrected chi connectivity index (χ2v) is 7.77. The fraction of sp³-hybridized carbons (Fsp3) is 0.842. The van der Waals surface area contributed by atoms with Crippen molar-refractivity contribution in [1.82, 2.24) is 15.1 Å². The van der Waals surface area contributed by atoms with Gasteiger partial charge in [0.25, 0.3) is 0 Å². The first kappa shape index (κ1) is 23.0. The topological polar surface area (TPSA) is 88.2 Å². The van der Waals surface area contributed by atoms with Crippen LogP contribution >= 0.6 is 0 Å². The lowest BCUT2D eigenvalue weighted by Crippen LogP contribution is -2.56. The van der Waals surface area contributed by atoms with E-state index in [1.807, 2.05) is 13.8 Å². The van der Waals surface area contributed by atoms with Gasteiger partial charge >= 0.3 is 12.2 Å². The van der Waals surface area contributed by atoms with Gasteiger partial charge in [0.05, 0.1) is 6.61 Å². The molecule has 0 aromatic rings. The lowest BCUT2D eigenvalue weighted by molar-refractivity contribution is -0.135. The zero-order valence-electron chi connectivity index (χ0n) is 17.4. The van der Waals surface area contributed by atoms with Gasteiger partial charge in [-0.05, 0) is 33.6 Å². The molecule has 3 amide bonds. The van der Waals surface area contributed by atoms with Crippen LogP contribution in [-0.2, 0) is 14.3 Å². The van der Waals surface area contributed by atoms with Gasteiger partial charge in [0.1, 0.15) is 11.6 Å². The lowest BCUT2D eigenvalue weighted by atomic mass is 10.1. The number of unbranched alkanes of at least 4 members (excludes halogenated alkanes) is 1. The molecule has 156 valence electrons. The van der Waals surface area contributed by atoms with Gasteiger partial charge in [-0.25, -0.2) is 9.59 Å². The predicted molar refractivity (Wildman–Crippen MR) is 102 cm³/mol. The molecule has 8 heteroatoms. The maximum absolute atomic E-state index is 12.8. The first-order valence-corrected chi connectivity index (χ1v) is 9.88. The third-order valence-corrected chi connectivity index (χ3v) is 4.14. The van der Waals surface area contributed by atoms with E-state index in [4.69, 9.17) is 9.47 Å². The molecule has 8 nitrogen and oxygen atoms in total. The van der Waals surface area contributed by atoms with Crippen molar-refractivity contribution in [2.75, 3.05) is 32.8 Å². The molecule has 1 aliphatic rings. The van der Waals surface area contributed by atoms with Crippen molar-refractivity contribution in [1.29, 1.82) is 0 Å². The molecule has 1 heterocycles. The van der Waals surface area contributed by atoms with Crippen molar-refractivity contribution in [2.24, 2.45) is 0 Å². The van der Waals surface area contributed by atoms with Gasteiger partial charge in [-0.2, -0.15) is 0 Å². The number of piperazine rings is 1. The molecule has 0 radical (unpaired) electrons. The average Bonchev–Trinajstić information content (AvgIpc) is 2.59. The van der Waals surface area contributed by atoms with E-state index in [1.54, 1.807) is 30.6 Å². The van der Waals surface area contributed by atoms with Gasteiger partial charge in [0.15, 0.2) is 0 Å². The van der Waals surface area contributed by atoms with Gasteiger partial charge in [-0.15, -0.1) is 0 Å². The molecule has 0 aromatic carbocycles. The van der Waals surface area contributed by atoms with Crippen molar-refractivity contribution in [2.45, 2.75) is 71.9 Å². The Morgan fingerprint density at radius 1 is 1.00 bits per heavy atom. The van der Waals surface area contributed by atoms with E-state index in [2.05, 4.69) is 5.32 Å². The summed E-state index contributed by atoms with van der Waals surface area (Å²) in [5.41, 5.74) is -0.617. The molecule has 0 unspecified atom stereocenters. The summed E-state index contributed by atoms with van der Waals surface area (Å²) in [6.07, 6.45) is 2.20. The first-order chi connectivity index (χ1) is 12.7. The maximum Gasteiger partial charge on any atom is 0.409 e. The molecular weight excluding hydrogens is 350 g/mol. The number of nitrogens with zero attached hydrogens (tertiary/aromatic N) is 2. The van der Waals surface area contributed by atoms with Crippen LogP contribution in [-0.4, -0.2) is 72.3 Å². The fourth-order valence-electron chi connectivity index (χ4n) is 2.72. The Labute approximate surface area is 162 Å². The van der Waals surface area contributed by atoms with Crippen molar-refractivity contribution in [3.8, 4) is 0 Å². The summed E-state index contributed by atoms with van der Waals surface area (Å²) >= 11 is 0. The summed E-state index contributed by atoms with van der Waals surface area (Å²) < 4.78 is 10.5. The summed E-state index contributed by atoms with van der Waals surface area (Å²) in [5, 5.41) is 2.68. The smallest absolute Gasteiger partial charge is 0.409 e. The molecule has 0 spiro atoms. The van der Waals surface area contributed by atoms with E-state index in [0.29, 0.717) is 39.2 Å². The van der Waals surface area contributed by atoms with Crippen LogP contribution < -0.4 is 5.32 Å². The lowest BCUT2D eigenvalue weighted by Gasteiger charge is -2.36. The molecule has 1 saturated heterocycles. The molecule has 27 heavy (non-hydrogen) atoms. The standard InChI is InChI=1S/C19H35N3O5/c1-6-8-14-26-18(25)22-12-10-21(11-13-22)16(23)15(9-7-2)20-17(24)27-19(3,4)5/h15H,6-14H2,1-5H3,(H,20,24)/t15-/m0/s1. The second kappa shape index (κ2) is 11.0. The van der Waals surface area contributed by atoms with Gasteiger partial charge in [-0.3, -0.25) is 4.79 Å². The van der Waals surface area contributed by atoms with Crippen LogP contribution in [0.25, 0.3) is 0 Å². The van der Waals surface area contributed by atoms with Crippen LogP contribution in [0, 0.1) is 0 Å². The Hall–Kier alpha value is -1.99. The second-order valence-electron chi connectivity index (χ2n) is 7.77. The third kappa shape index (κ3) is 8.49. The Morgan fingerprint density at radius 3 is 2.11 bits per heavy atom. The highest BCUT2D eigenvalue weighted by Crippen LogP contribution is 2.11. The molecule has 0 aromatic heterocycles. The van der Waals surface area contributed by atoms with Crippen LogP contribution in [0.1, 0.15) is 60.3 Å². The number of carbonyl (C=O) groups is 3. The summed E-state index contributed by atoms with van der Waals surface area (Å²) in [4.78, 5) is 40.1. The summed E-state index contributed by atoms with van der Waals surface area (Å²) in [7, 11) is 0. The minimum absolute atomic E-state index is 0.137. The number of carbonyl (C=O) groups excluding carboxylic acids is 3. The molecule has 1 aliphatic heterocycles. The number of hydrogen-bond donors (Lipinski definition) is 1. The normalized spacial score (nSPS) is 15.9. The number of rotatable bonds is 7. The number of nitrogens with one attached hydrogen (secondary N) is 1.